The molecular formula is C48H46ClFN8O4S. The lowest BCUT2D eigenvalue weighted by Gasteiger charge is -2.34. The van der Waals surface area contributed by atoms with Gasteiger partial charge >= 0.3 is 5.97 Å². The first kappa shape index (κ1) is 42.4. The number of pyridine rings is 1. The number of thiophene rings is 1. The average molecular weight is 885 g/mol. The van der Waals surface area contributed by atoms with Gasteiger partial charge in [-0.25, -0.2) is 29.1 Å². The number of halogens is 2. The summed E-state index contributed by atoms with van der Waals surface area (Å²) in [5.74, 6) is -0.452. The van der Waals surface area contributed by atoms with E-state index in [0.717, 1.165) is 94.3 Å². The molecule has 1 saturated heterocycles. The zero-order valence-electron chi connectivity index (χ0n) is 35.2. The van der Waals surface area contributed by atoms with Gasteiger partial charge in [0.2, 0.25) is 12.0 Å². The predicted molar refractivity (Wildman–Crippen MR) is 243 cm³/mol. The van der Waals surface area contributed by atoms with E-state index >= 15 is 0 Å². The lowest BCUT2D eigenvalue weighted by molar-refractivity contribution is -0.145. The topological polar surface area (TPSA) is 130 Å². The molecule has 3 aromatic carbocycles. The number of ether oxygens (including phenoxy) is 2. The molecule has 0 aliphatic carbocycles. The molecule has 0 unspecified atom stereocenters. The first-order valence-corrected chi connectivity index (χ1v) is 22.1. The molecule has 0 spiro atoms. The number of hydrogen-bond donors (Lipinski definition) is 1. The predicted octanol–water partition coefficient (Wildman–Crippen LogP) is 8.50. The van der Waals surface area contributed by atoms with Crippen LogP contribution in [0, 0.1) is 19.7 Å². The summed E-state index contributed by atoms with van der Waals surface area (Å²) in [4.78, 5) is 44.6. The summed E-state index contributed by atoms with van der Waals surface area (Å²) in [6.45, 7) is 10.9. The van der Waals surface area contributed by atoms with Gasteiger partial charge in [0, 0.05) is 98.4 Å². The van der Waals surface area contributed by atoms with Crippen LogP contribution in [0.3, 0.4) is 0 Å². The second kappa shape index (κ2) is 18.4. The molecule has 3 aliphatic heterocycles. The third-order valence-corrected chi connectivity index (χ3v) is 13.5. The van der Waals surface area contributed by atoms with Gasteiger partial charge in [-0.3, -0.25) is 14.8 Å². The maximum atomic E-state index is 14.3. The highest BCUT2D eigenvalue weighted by Crippen LogP contribution is 2.49. The highest BCUT2D eigenvalue weighted by molar-refractivity contribution is 7.22. The average Bonchev–Trinajstić information content (AvgIpc) is 3.67. The number of piperazine rings is 1. The molecule has 1 atom stereocenters. The highest BCUT2D eigenvalue weighted by atomic mass is 35.5. The number of carboxylic acids is 1. The fourth-order valence-electron chi connectivity index (χ4n) is 8.33. The summed E-state index contributed by atoms with van der Waals surface area (Å²) in [7, 11) is 2.16. The summed E-state index contributed by atoms with van der Waals surface area (Å²) in [6.07, 6.45) is 5.20. The van der Waals surface area contributed by atoms with Gasteiger partial charge in [-0.05, 0) is 90.2 Å². The van der Waals surface area contributed by atoms with Crippen LogP contribution in [-0.2, 0) is 30.9 Å². The standard InChI is InChI=1S/C48H46ClFN8O4S/c1-29-24-51-14-12-36(29)38-13-15-52-41(55-38)27-61-39-11-4-31-22-34(39)23-40(48(59)60)62-46-43-42(45(63-47(43)54-28-53-46)32-5-8-35(50)9-6-32)37-10-7-33(44(49)30(37)2)26-58(25-31)21-20-57-18-16-56(3)17-19-57/h4-15,22,24,28,40H,16-21,23,25-27H2,1-3H3,(H,59,60)/t40-/m1/s1. The van der Waals surface area contributed by atoms with Crippen molar-refractivity contribution in [3.05, 3.63) is 136 Å². The number of rotatable bonds is 9. The summed E-state index contributed by atoms with van der Waals surface area (Å²) in [5, 5.41) is 12.0. The molecule has 0 amide bonds. The number of aromatic nitrogens is 5. The van der Waals surface area contributed by atoms with E-state index < -0.39 is 12.1 Å². The van der Waals surface area contributed by atoms with E-state index in [-0.39, 0.29) is 24.7 Å². The van der Waals surface area contributed by atoms with Crippen molar-refractivity contribution in [2.45, 2.75) is 46.1 Å². The van der Waals surface area contributed by atoms with Crippen LogP contribution < -0.4 is 9.47 Å². The summed E-state index contributed by atoms with van der Waals surface area (Å²) < 4.78 is 27.2. The normalized spacial score (nSPS) is 16.3. The van der Waals surface area contributed by atoms with Crippen LogP contribution in [0.15, 0.2) is 91.6 Å². The number of fused-ring (bicyclic) bond motifs is 6. The Balaban J connectivity index is 1.14. The second-order valence-electron chi connectivity index (χ2n) is 16.2. The van der Waals surface area contributed by atoms with Gasteiger partial charge in [-0.1, -0.05) is 48.0 Å². The van der Waals surface area contributed by atoms with Crippen LogP contribution in [-0.4, -0.2) is 103 Å². The van der Waals surface area contributed by atoms with E-state index in [9.17, 15) is 14.3 Å². The Bertz CT molecular complexity index is 2800. The van der Waals surface area contributed by atoms with Crippen LogP contribution >= 0.6 is 22.9 Å². The maximum Gasteiger partial charge on any atom is 0.345 e. The van der Waals surface area contributed by atoms with Gasteiger partial charge in [0.05, 0.1) is 11.1 Å². The molecule has 63 heavy (non-hydrogen) atoms. The Labute approximate surface area is 374 Å². The third kappa shape index (κ3) is 9.27. The fourth-order valence-corrected chi connectivity index (χ4v) is 9.70. The molecule has 7 aromatic rings. The van der Waals surface area contributed by atoms with Gasteiger partial charge in [-0.15, -0.1) is 11.3 Å². The number of nitrogens with zero attached hydrogens (tertiary/aromatic N) is 8. The number of carbonyl (C=O) groups is 1. The molecule has 1 N–H and O–H groups in total. The van der Waals surface area contributed by atoms with Gasteiger partial charge in [0.1, 0.15) is 29.3 Å². The lowest BCUT2D eigenvalue weighted by Crippen LogP contribution is -2.46. The van der Waals surface area contributed by atoms with E-state index in [1.165, 1.54) is 29.8 Å². The van der Waals surface area contributed by atoms with Crippen molar-refractivity contribution in [2.75, 3.05) is 46.3 Å². The van der Waals surface area contributed by atoms with Crippen LogP contribution in [0.25, 0.3) is 43.0 Å². The Morgan fingerprint density at radius 1 is 0.921 bits per heavy atom. The molecule has 322 valence electrons. The van der Waals surface area contributed by atoms with Crippen molar-refractivity contribution in [1.29, 1.82) is 0 Å². The summed E-state index contributed by atoms with van der Waals surface area (Å²) in [6, 6.07) is 20.1. The third-order valence-electron chi connectivity index (χ3n) is 11.8. The second-order valence-corrected chi connectivity index (χ2v) is 17.5. The van der Waals surface area contributed by atoms with Crippen LogP contribution in [0.1, 0.15) is 33.6 Å². The zero-order valence-corrected chi connectivity index (χ0v) is 36.8. The van der Waals surface area contributed by atoms with E-state index in [1.807, 2.05) is 44.2 Å². The fraction of sp³-hybridized carbons (Fsp3) is 0.292. The van der Waals surface area contributed by atoms with Crippen LogP contribution in [0.2, 0.25) is 5.02 Å². The Morgan fingerprint density at radius 3 is 2.52 bits per heavy atom. The molecular weight excluding hydrogens is 839 g/mol. The molecule has 7 heterocycles. The quantitative estimate of drug-likeness (QED) is 0.149. The molecule has 3 aliphatic rings. The SMILES string of the molecule is Cc1cnccc1-c1ccnc(COc2ccc3cc2C[C@H](C(=O)O)Oc2ncnc4sc(-c5ccc(F)cc5)c(c24)-c2ccc(c(Cl)c2C)CN(CCN2CCN(C)CC2)C3)n1. The first-order valence-electron chi connectivity index (χ1n) is 20.9. The highest BCUT2D eigenvalue weighted by Gasteiger charge is 2.29. The van der Waals surface area contributed by atoms with E-state index in [1.54, 1.807) is 30.7 Å². The van der Waals surface area contributed by atoms with E-state index in [4.69, 9.17) is 26.1 Å². The minimum absolute atomic E-state index is 0.0364. The molecule has 4 bridgehead atoms. The van der Waals surface area contributed by atoms with Gasteiger partial charge < -0.3 is 19.5 Å². The Hall–Kier alpha value is -5.90. The van der Waals surface area contributed by atoms with Crippen molar-refractivity contribution in [1.82, 2.24) is 39.6 Å². The molecule has 1 fully saturated rings. The van der Waals surface area contributed by atoms with Crippen molar-refractivity contribution >= 4 is 39.1 Å². The van der Waals surface area contributed by atoms with Crippen LogP contribution in [0.4, 0.5) is 4.39 Å². The Morgan fingerprint density at radius 2 is 1.73 bits per heavy atom. The number of aliphatic carboxylic acids is 1. The minimum atomic E-state index is -1.37. The van der Waals surface area contributed by atoms with Gasteiger partial charge in [0.25, 0.3) is 0 Å². The largest absolute Gasteiger partial charge is 0.485 e. The smallest absolute Gasteiger partial charge is 0.345 e. The van der Waals surface area contributed by atoms with Crippen molar-refractivity contribution in [3.63, 3.8) is 0 Å². The van der Waals surface area contributed by atoms with Crippen molar-refractivity contribution < 1.29 is 23.8 Å². The Kier molecular flexibility index (Phi) is 12.4. The summed E-state index contributed by atoms with van der Waals surface area (Å²) in [5.41, 5.74) is 8.47. The molecule has 10 rings (SSSR count). The number of carboxylic acid groups (broad SMARTS) is 1. The van der Waals surface area contributed by atoms with Gasteiger partial charge in [-0.2, -0.15) is 0 Å². The lowest BCUT2D eigenvalue weighted by atomic mass is 9.94. The van der Waals surface area contributed by atoms with Crippen LogP contribution in [0.5, 0.6) is 11.6 Å². The van der Waals surface area contributed by atoms with E-state index in [0.29, 0.717) is 45.5 Å². The molecule has 4 aromatic heterocycles. The number of benzene rings is 3. The number of aryl methyl sites for hydroxylation is 1. The molecule has 15 heteroatoms. The van der Waals surface area contributed by atoms with Gasteiger partial charge in [0.15, 0.2) is 5.82 Å². The number of likely N-dealkylation sites (N-methyl/N-ethyl adjacent to an activating group) is 1. The maximum absolute atomic E-state index is 14.3. The first-order chi connectivity index (χ1) is 30.6. The number of hydrogen-bond acceptors (Lipinski definition) is 12. The monoisotopic (exact) mass is 884 g/mol. The van der Waals surface area contributed by atoms with Crippen molar-refractivity contribution in [3.8, 4) is 44.5 Å². The molecule has 0 radical (unpaired) electrons. The molecule has 0 saturated carbocycles. The zero-order chi connectivity index (χ0) is 43.6. The minimum Gasteiger partial charge on any atom is -0.485 e. The summed E-state index contributed by atoms with van der Waals surface area (Å²) >= 11 is 8.77. The van der Waals surface area contributed by atoms with E-state index in [2.05, 4.69) is 53.8 Å². The molecule has 12 nitrogen and oxygen atoms in total. The van der Waals surface area contributed by atoms with Crippen molar-refractivity contribution in [2.24, 2.45) is 0 Å².